The van der Waals surface area contributed by atoms with Crippen LogP contribution in [0.2, 0.25) is 0 Å². The van der Waals surface area contributed by atoms with E-state index in [1.54, 1.807) is 0 Å². The Morgan fingerprint density at radius 1 is 1.31 bits per heavy atom. The van der Waals surface area contributed by atoms with Crippen LogP contribution >= 0.6 is 11.6 Å². The van der Waals surface area contributed by atoms with Crippen molar-refractivity contribution in [3.63, 3.8) is 0 Å². The molecule has 0 aromatic heterocycles. The highest BCUT2D eigenvalue weighted by molar-refractivity contribution is 6.22. The largest absolute Gasteiger partial charge is 0.376 e. The van der Waals surface area contributed by atoms with Crippen LogP contribution in [0, 0.1) is 11.3 Å². The smallest absolute Gasteiger partial charge is 0.143 e. The Bertz CT molecular complexity index is 170. The molecule has 1 rings (SSSR count). The molecule has 1 aliphatic carbocycles. The summed E-state index contributed by atoms with van der Waals surface area (Å²) in [5, 5.41) is 7.97. The summed E-state index contributed by atoms with van der Waals surface area (Å²) in [6.07, 6.45) is 7.76. The second-order valence-corrected chi connectivity index (χ2v) is 4.07. The number of ether oxygens (including phenoxy) is 1. The average Bonchev–Trinajstić information content (AvgIpc) is 2.42. The van der Waals surface area contributed by atoms with Crippen LogP contribution in [0.15, 0.2) is 0 Å². The second-order valence-electron chi connectivity index (χ2n) is 3.54. The van der Waals surface area contributed by atoms with Crippen molar-refractivity contribution in [3.8, 4) is 6.07 Å². The van der Waals surface area contributed by atoms with Crippen LogP contribution in [0.25, 0.3) is 0 Å². The molecule has 1 aliphatic rings. The third-order valence-electron chi connectivity index (χ3n) is 2.42. The molecule has 1 unspecified atom stereocenters. The molecular formula is C10H16ClNO. The molecule has 0 N–H and O–H groups in total. The van der Waals surface area contributed by atoms with E-state index in [9.17, 15) is 0 Å². The van der Waals surface area contributed by atoms with Crippen LogP contribution in [-0.2, 0) is 4.74 Å². The molecule has 3 heteroatoms. The van der Waals surface area contributed by atoms with Gasteiger partial charge >= 0.3 is 0 Å². The van der Waals surface area contributed by atoms with Crippen LogP contribution < -0.4 is 0 Å². The Labute approximate surface area is 84.8 Å². The van der Waals surface area contributed by atoms with Crippen LogP contribution in [0.1, 0.15) is 38.5 Å². The van der Waals surface area contributed by atoms with E-state index in [2.05, 4.69) is 0 Å². The predicted octanol–water partition coefficient (Wildman–Crippen LogP) is 2.86. The summed E-state index contributed by atoms with van der Waals surface area (Å²) in [5.41, 5.74) is 0. The summed E-state index contributed by atoms with van der Waals surface area (Å²) in [7, 11) is 0. The molecule has 2 nitrogen and oxygen atoms in total. The summed E-state index contributed by atoms with van der Waals surface area (Å²) in [6, 6.07) is 1.96. The molecule has 1 atom stereocenters. The van der Waals surface area contributed by atoms with Crippen molar-refractivity contribution in [3.05, 3.63) is 0 Å². The van der Waals surface area contributed by atoms with E-state index in [0.717, 1.165) is 12.8 Å². The topological polar surface area (TPSA) is 33.0 Å². The predicted molar refractivity (Wildman–Crippen MR) is 52.7 cm³/mol. The molecule has 74 valence electrons. The van der Waals surface area contributed by atoms with Crippen molar-refractivity contribution in [1.82, 2.24) is 0 Å². The lowest BCUT2D eigenvalue weighted by atomic mass is 10.1. The van der Waals surface area contributed by atoms with Crippen LogP contribution in [0.4, 0.5) is 0 Å². The molecule has 0 aliphatic heterocycles. The monoisotopic (exact) mass is 201 g/mol. The highest BCUT2D eigenvalue weighted by atomic mass is 35.5. The number of hydrogen-bond donors (Lipinski definition) is 0. The van der Waals surface area contributed by atoms with Crippen molar-refractivity contribution >= 4 is 11.6 Å². The molecule has 0 radical (unpaired) electrons. The number of halogens is 1. The van der Waals surface area contributed by atoms with Gasteiger partial charge in [0.2, 0.25) is 0 Å². The zero-order valence-electron chi connectivity index (χ0n) is 7.84. The van der Waals surface area contributed by atoms with Gasteiger partial charge in [0.05, 0.1) is 18.8 Å². The first-order valence-corrected chi connectivity index (χ1v) is 5.42. The van der Waals surface area contributed by atoms with Gasteiger partial charge in [0.25, 0.3) is 0 Å². The Hall–Kier alpha value is -0.260. The third-order valence-corrected chi connectivity index (χ3v) is 2.64. The number of rotatable bonds is 3. The first-order valence-electron chi connectivity index (χ1n) is 4.98. The molecule has 13 heavy (non-hydrogen) atoms. The summed E-state index contributed by atoms with van der Waals surface area (Å²) >= 11 is 5.64. The van der Waals surface area contributed by atoms with Crippen molar-refractivity contribution in [2.45, 2.75) is 50.0 Å². The van der Waals surface area contributed by atoms with Gasteiger partial charge in [0, 0.05) is 0 Å². The lowest BCUT2D eigenvalue weighted by Gasteiger charge is -2.15. The van der Waals surface area contributed by atoms with Crippen LogP contribution in [0.5, 0.6) is 0 Å². The van der Waals surface area contributed by atoms with E-state index in [0.29, 0.717) is 12.7 Å². The number of nitrogens with zero attached hydrogens (tertiary/aromatic N) is 1. The highest BCUT2D eigenvalue weighted by Crippen LogP contribution is 2.20. The Morgan fingerprint density at radius 3 is 2.46 bits per heavy atom. The van der Waals surface area contributed by atoms with E-state index in [1.165, 1.54) is 25.7 Å². The lowest BCUT2D eigenvalue weighted by molar-refractivity contribution is 0.0482. The van der Waals surface area contributed by atoms with Gasteiger partial charge < -0.3 is 4.74 Å². The molecule has 0 saturated heterocycles. The van der Waals surface area contributed by atoms with Crippen molar-refractivity contribution in [2.24, 2.45) is 0 Å². The van der Waals surface area contributed by atoms with E-state index >= 15 is 0 Å². The normalized spacial score (nSPS) is 21.8. The molecule has 1 fully saturated rings. The van der Waals surface area contributed by atoms with Crippen molar-refractivity contribution in [1.29, 1.82) is 5.26 Å². The fourth-order valence-corrected chi connectivity index (χ4v) is 1.74. The van der Waals surface area contributed by atoms with Gasteiger partial charge in [0.1, 0.15) is 5.38 Å². The maximum atomic E-state index is 8.46. The summed E-state index contributed by atoms with van der Waals surface area (Å²) < 4.78 is 5.56. The molecule has 0 aromatic rings. The maximum absolute atomic E-state index is 8.46. The zero-order valence-corrected chi connectivity index (χ0v) is 8.59. The van der Waals surface area contributed by atoms with E-state index in [-0.39, 0.29) is 0 Å². The van der Waals surface area contributed by atoms with Gasteiger partial charge in [-0.3, -0.25) is 0 Å². The number of nitriles is 1. The van der Waals surface area contributed by atoms with Gasteiger partial charge in [-0.2, -0.15) is 5.26 Å². The lowest BCUT2D eigenvalue weighted by Crippen LogP contribution is -2.17. The fourth-order valence-electron chi connectivity index (χ4n) is 1.67. The first-order chi connectivity index (χ1) is 6.33. The highest BCUT2D eigenvalue weighted by Gasteiger charge is 2.13. The van der Waals surface area contributed by atoms with Gasteiger partial charge in [-0.15, -0.1) is 11.6 Å². The number of alkyl halides is 1. The zero-order chi connectivity index (χ0) is 9.52. The standard InChI is InChI=1S/C10H16ClNO/c11-9(7-12)8-13-10-5-3-1-2-4-6-10/h9-10H,1-6,8H2. The van der Waals surface area contributed by atoms with Gasteiger partial charge in [0.15, 0.2) is 0 Å². The van der Waals surface area contributed by atoms with E-state index in [4.69, 9.17) is 21.6 Å². The Balaban J connectivity index is 2.16. The van der Waals surface area contributed by atoms with E-state index in [1.807, 2.05) is 6.07 Å². The van der Waals surface area contributed by atoms with Gasteiger partial charge in [-0.25, -0.2) is 0 Å². The molecule has 1 saturated carbocycles. The summed E-state index contributed by atoms with van der Waals surface area (Å²) in [6.45, 7) is 0.378. The molecule has 0 heterocycles. The maximum Gasteiger partial charge on any atom is 0.143 e. The molecule has 0 bridgehead atoms. The van der Waals surface area contributed by atoms with Gasteiger partial charge in [-0.1, -0.05) is 25.7 Å². The third kappa shape index (κ3) is 4.50. The Morgan fingerprint density at radius 2 is 1.92 bits per heavy atom. The molecule has 0 spiro atoms. The van der Waals surface area contributed by atoms with Gasteiger partial charge in [-0.05, 0) is 12.8 Å². The van der Waals surface area contributed by atoms with Crippen LogP contribution in [0.3, 0.4) is 0 Å². The summed E-state index contributed by atoms with van der Waals surface area (Å²) in [5.74, 6) is 0. The van der Waals surface area contributed by atoms with Crippen molar-refractivity contribution < 1.29 is 4.74 Å². The minimum Gasteiger partial charge on any atom is -0.376 e. The van der Waals surface area contributed by atoms with E-state index < -0.39 is 5.38 Å². The fraction of sp³-hybridized carbons (Fsp3) is 0.900. The second kappa shape index (κ2) is 6.23. The van der Waals surface area contributed by atoms with Crippen LogP contribution in [-0.4, -0.2) is 18.1 Å². The molecule has 0 aromatic carbocycles. The SMILES string of the molecule is N#CC(Cl)COC1CCCCCC1. The summed E-state index contributed by atoms with van der Waals surface area (Å²) in [4.78, 5) is 0. The minimum atomic E-state index is -0.483. The molecular weight excluding hydrogens is 186 g/mol. The average molecular weight is 202 g/mol. The molecule has 0 amide bonds. The quantitative estimate of drug-likeness (QED) is 0.520. The Kier molecular flexibility index (Phi) is 5.19. The first kappa shape index (κ1) is 10.8. The number of hydrogen-bond acceptors (Lipinski definition) is 2. The van der Waals surface area contributed by atoms with Crippen molar-refractivity contribution in [2.75, 3.05) is 6.61 Å². The minimum absolute atomic E-state index is 0.345.